The highest BCUT2D eigenvalue weighted by Crippen LogP contribution is 2.39. The average Bonchev–Trinajstić information content (AvgIpc) is 3.51. The minimum Gasteiger partial charge on any atom is -0.493 e. The first kappa shape index (κ1) is 21.7. The molecule has 0 bridgehead atoms. The van der Waals surface area contributed by atoms with Crippen molar-refractivity contribution in [2.24, 2.45) is 5.92 Å². The van der Waals surface area contributed by atoms with E-state index in [9.17, 15) is 20.4 Å². The van der Waals surface area contributed by atoms with Crippen LogP contribution in [-0.2, 0) is 17.6 Å². The maximum absolute atomic E-state index is 10.6. The lowest BCUT2D eigenvalue weighted by Crippen LogP contribution is -2.55. The second-order valence-corrected chi connectivity index (χ2v) is 9.09. The summed E-state index contributed by atoms with van der Waals surface area (Å²) < 4.78 is 17.5. The molecule has 1 aliphatic carbocycles. The van der Waals surface area contributed by atoms with Crippen LogP contribution in [0.15, 0.2) is 36.4 Å². The molecule has 5 atom stereocenters. The van der Waals surface area contributed by atoms with E-state index in [-0.39, 0.29) is 0 Å². The Bertz CT molecular complexity index is 938. The number of ether oxygens (including phenoxy) is 3. The summed E-state index contributed by atoms with van der Waals surface area (Å²) in [4.78, 5) is 0. The van der Waals surface area contributed by atoms with Gasteiger partial charge in [0.15, 0.2) is 0 Å². The van der Waals surface area contributed by atoms with E-state index in [0.29, 0.717) is 24.5 Å². The highest BCUT2D eigenvalue weighted by molar-refractivity contribution is 5.50. The van der Waals surface area contributed by atoms with Gasteiger partial charge in [0.25, 0.3) is 0 Å². The molecule has 2 fully saturated rings. The van der Waals surface area contributed by atoms with Crippen LogP contribution in [0.4, 0.5) is 0 Å². The Morgan fingerprint density at radius 1 is 0.969 bits per heavy atom. The molecule has 5 unspecified atom stereocenters. The fourth-order valence-corrected chi connectivity index (χ4v) is 4.51. The minimum atomic E-state index is -1.40. The number of benzene rings is 2. The van der Waals surface area contributed by atoms with Crippen LogP contribution in [0.1, 0.15) is 41.2 Å². The van der Waals surface area contributed by atoms with Crippen molar-refractivity contribution in [3.63, 3.8) is 0 Å². The number of aliphatic hydroxyl groups excluding tert-OH is 4. The molecule has 4 N–H and O–H groups in total. The maximum Gasteiger partial charge on any atom is 0.126 e. The third-order valence-electron chi connectivity index (χ3n) is 6.60. The number of aliphatic hydroxyl groups is 4. The van der Waals surface area contributed by atoms with Crippen molar-refractivity contribution in [1.29, 1.82) is 0 Å². The molecule has 2 aromatic rings. The summed E-state index contributed by atoms with van der Waals surface area (Å²) in [6.07, 6.45) is -1.96. The predicted molar refractivity (Wildman–Crippen MR) is 116 cm³/mol. The Morgan fingerprint density at radius 3 is 2.47 bits per heavy atom. The van der Waals surface area contributed by atoms with Gasteiger partial charge in [-0.05, 0) is 65.3 Å². The molecule has 0 amide bonds. The van der Waals surface area contributed by atoms with Crippen LogP contribution in [0.3, 0.4) is 0 Å². The molecular weight excluding hydrogens is 412 g/mol. The molecule has 32 heavy (non-hydrogen) atoms. The van der Waals surface area contributed by atoms with E-state index in [4.69, 9.17) is 14.2 Å². The van der Waals surface area contributed by atoms with Crippen LogP contribution in [0.5, 0.6) is 11.5 Å². The summed E-state index contributed by atoms with van der Waals surface area (Å²) in [5.41, 5.74) is 3.80. The zero-order valence-corrected chi connectivity index (χ0v) is 17.9. The van der Waals surface area contributed by atoms with Crippen LogP contribution in [0, 0.1) is 5.92 Å². The molecule has 2 aliphatic heterocycles. The van der Waals surface area contributed by atoms with Gasteiger partial charge in [0.2, 0.25) is 0 Å². The van der Waals surface area contributed by atoms with Crippen LogP contribution >= 0.6 is 0 Å². The molecule has 2 heterocycles. The fourth-order valence-electron chi connectivity index (χ4n) is 4.51. The molecule has 0 aromatic heterocycles. The van der Waals surface area contributed by atoms with Crippen LogP contribution < -0.4 is 9.47 Å². The van der Waals surface area contributed by atoms with Crippen molar-refractivity contribution in [2.45, 2.75) is 56.2 Å². The van der Waals surface area contributed by atoms with Gasteiger partial charge in [-0.3, -0.25) is 0 Å². The summed E-state index contributed by atoms with van der Waals surface area (Å²) in [6, 6.07) is 11.9. The number of fused-ring (bicyclic) bond motifs is 1. The van der Waals surface area contributed by atoms with E-state index in [2.05, 4.69) is 0 Å². The normalized spacial score (nSPS) is 29.4. The summed E-state index contributed by atoms with van der Waals surface area (Å²) >= 11 is 0. The smallest absolute Gasteiger partial charge is 0.126 e. The molecule has 2 aromatic carbocycles. The maximum atomic E-state index is 10.6. The van der Waals surface area contributed by atoms with Crippen molar-refractivity contribution in [3.05, 3.63) is 58.7 Å². The van der Waals surface area contributed by atoms with E-state index >= 15 is 0 Å². The Labute approximate surface area is 187 Å². The van der Waals surface area contributed by atoms with Crippen molar-refractivity contribution < 1.29 is 34.6 Å². The summed E-state index contributed by atoms with van der Waals surface area (Å²) in [5.74, 6) is 2.43. The molecule has 0 spiro atoms. The lowest BCUT2D eigenvalue weighted by molar-refractivity contribution is -0.231. The third-order valence-corrected chi connectivity index (χ3v) is 6.60. The quantitative estimate of drug-likeness (QED) is 0.515. The van der Waals surface area contributed by atoms with E-state index in [1.54, 1.807) is 0 Å². The second kappa shape index (κ2) is 9.00. The van der Waals surface area contributed by atoms with Crippen molar-refractivity contribution in [2.75, 3.05) is 19.8 Å². The first-order valence-corrected chi connectivity index (χ1v) is 11.3. The Hall–Kier alpha value is -2.16. The van der Waals surface area contributed by atoms with Gasteiger partial charge < -0.3 is 34.6 Å². The molecule has 0 radical (unpaired) electrons. The number of rotatable bonds is 7. The third kappa shape index (κ3) is 4.36. The lowest BCUT2D eigenvalue weighted by atomic mass is 9.88. The summed E-state index contributed by atoms with van der Waals surface area (Å²) in [7, 11) is 0. The number of hydrogen-bond donors (Lipinski definition) is 4. The average molecular weight is 443 g/mol. The van der Waals surface area contributed by atoms with Crippen molar-refractivity contribution in [1.82, 2.24) is 0 Å². The van der Waals surface area contributed by atoms with Gasteiger partial charge in [-0.25, -0.2) is 0 Å². The zero-order chi connectivity index (χ0) is 22.2. The van der Waals surface area contributed by atoms with Gasteiger partial charge in [0, 0.05) is 12.8 Å². The second-order valence-electron chi connectivity index (χ2n) is 9.09. The van der Waals surface area contributed by atoms with Gasteiger partial charge in [0.05, 0.1) is 19.8 Å². The van der Waals surface area contributed by atoms with Crippen molar-refractivity contribution in [3.8, 4) is 11.5 Å². The summed E-state index contributed by atoms with van der Waals surface area (Å²) in [5, 5.41) is 40.4. The van der Waals surface area contributed by atoms with E-state index in [0.717, 1.165) is 41.2 Å². The highest BCUT2D eigenvalue weighted by Gasteiger charge is 2.44. The largest absolute Gasteiger partial charge is 0.493 e. The van der Waals surface area contributed by atoms with Crippen LogP contribution in [-0.4, -0.2) is 64.7 Å². The van der Waals surface area contributed by atoms with Crippen LogP contribution in [0.25, 0.3) is 0 Å². The van der Waals surface area contributed by atoms with E-state index in [1.165, 1.54) is 12.8 Å². The first-order valence-electron chi connectivity index (χ1n) is 11.3. The molecule has 3 aliphatic rings. The zero-order valence-electron chi connectivity index (χ0n) is 17.9. The van der Waals surface area contributed by atoms with E-state index < -0.39 is 37.1 Å². The fraction of sp³-hybridized carbons (Fsp3) is 0.520. The SMILES string of the molecule is OCC1OC(c2cc3c(c(Cc4ccc(OCC5CC5)cc4)c2)OCC3)C(O)C(O)C1O. The van der Waals surface area contributed by atoms with Gasteiger partial charge in [0.1, 0.15) is 42.0 Å². The van der Waals surface area contributed by atoms with Gasteiger partial charge >= 0.3 is 0 Å². The molecule has 172 valence electrons. The van der Waals surface area contributed by atoms with Gasteiger partial charge in [-0.15, -0.1) is 0 Å². The minimum absolute atomic E-state index is 0.447. The molecule has 1 saturated heterocycles. The van der Waals surface area contributed by atoms with Gasteiger partial charge in [-0.1, -0.05) is 12.1 Å². The topological polar surface area (TPSA) is 109 Å². The van der Waals surface area contributed by atoms with Crippen LogP contribution in [0.2, 0.25) is 0 Å². The lowest BCUT2D eigenvalue weighted by Gasteiger charge is -2.40. The predicted octanol–water partition coefficient (Wildman–Crippen LogP) is 1.52. The Balaban J connectivity index is 1.38. The molecule has 7 heteroatoms. The Kier molecular flexibility index (Phi) is 6.09. The standard InChI is InChI=1S/C25H30O7/c26-12-20-21(27)22(28)23(29)25(32-20)18-10-16-7-8-30-24(16)17(11-18)9-14-3-5-19(6-4-14)31-13-15-1-2-15/h3-6,10-11,15,20-23,25-29H,1-2,7-9,12-13H2. The number of hydrogen-bond acceptors (Lipinski definition) is 7. The van der Waals surface area contributed by atoms with Crippen molar-refractivity contribution >= 4 is 0 Å². The monoisotopic (exact) mass is 442 g/mol. The first-order chi connectivity index (χ1) is 15.5. The molecule has 1 saturated carbocycles. The van der Waals surface area contributed by atoms with E-state index in [1.807, 2.05) is 36.4 Å². The molecule has 5 rings (SSSR count). The Morgan fingerprint density at radius 2 is 1.75 bits per heavy atom. The molecule has 7 nitrogen and oxygen atoms in total. The summed E-state index contributed by atoms with van der Waals surface area (Å²) in [6.45, 7) is 0.924. The van der Waals surface area contributed by atoms with Gasteiger partial charge in [-0.2, -0.15) is 0 Å². The highest BCUT2D eigenvalue weighted by atomic mass is 16.5. The molecular formula is C25H30O7.